The Hall–Kier alpha value is -2.03. The van der Waals surface area contributed by atoms with Gasteiger partial charge in [-0.05, 0) is 18.2 Å². The van der Waals surface area contributed by atoms with Crippen molar-refractivity contribution in [2.24, 2.45) is 0 Å². The SMILES string of the molecule is O=C(O)CNC(=O)Cn1c(C(F)(F)F)cc2ccc(Br)cc21. The van der Waals surface area contributed by atoms with Gasteiger partial charge in [-0.1, -0.05) is 22.0 Å². The number of nitrogens with zero attached hydrogens (tertiary/aromatic N) is 1. The van der Waals surface area contributed by atoms with Crippen LogP contribution in [0.4, 0.5) is 13.2 Å². The van der Waals surface area contributed by atoms with E-state index >= 15 is 0 Å². The lowest BCUT2D eigenvalue weighted by Crippen LogP contribution is -2.33. The molecule has 2 N–H and O–H groups in total. The smallest absolute Gasteiger partial charge is 0.431 e. The minimum absolute atomic E-state index is 0.229. The topological polar surface area (TPSA) is 71.3 Å². The van der Waals surface area contributed by atoms with E-state index in [4.69, 9.17) is 5.11 Å². The third-order valence-corrected chi connectivity index (χ3v) is 3.39. The van der Waals surface area contributed by atoms with E-state index in [2.05, 4.69) is 15.9 Å². The molecule has 0 radical (unpaired) electrons. The molecular formula is C13H10BrF3N2O3. The second kappa shape index (κ2) is 5.99. The molecule has 9 heteroatoms. The van der Waals surface area contributed by atoms with Crippen LogP contribution in [0.1, 0.15) is 5.69 Å². The zero-order chi connectivity index (χ0) is 16.5. The van der Waals surface area contributed by atoms with Crippen molar-refractivity contribution >= 4 is 38.7 Å². The number of amides is 1. The Morgan fingerprint density at radius 3 is 2.55 bits per heavy atom. The van der Waals surface area contributed by atoms with Crippen LogP contribution in [0.2, 0.25) is 0 Å². The molecule has 0 unspecified atom stereocenters. The summed E-state index contributed by atoms with van der Waals surface area (Å²) in [7, 11) is 0. The molecule has 1 aromatic heterocycles. The second-order valence-corrected chi connectivity index (χ2v) is 5.40. The van der Waals surface area contributed by atoms with Crippen LogP contribution in [0, 0.1) is 0 Å². The van der Waals surface area contributed by atoms with Crippen LogP contribution in [0.3, 0.4) is 0 Å². The van der Waals surface area contributed by atoms with Gasteiger partial charge in [0.05, 0.1) is 5.52 Å². The minimum Gasteiger partial charge on any atom is -0.480 e. The van der Waals surface area contributed by atoms with E-state index in [0.717, 1.165) is 10.6 Å². The highest BCUT2D eigenvalue weighted by atomic mass is 79.9. The van der Waals surface area contributed by atoms with Crippen LogP contribution in [-0.2, 0) is 22.3 Å². The van der Waals surface area contributed by atoms with Crippen molar-refractivity contribution in [3.8, 4) is 0 Å². The van der Waals surface area contributed by atoms with Crippen LogP contribution in [-0.4, -0.2) is 28.1 Å². The second-order valence-electron chi connectivity index (χ2n) is 4.49. The Balaban J connectivity index is 2.43. The van der Waals surface area contributed by atoms with Gasteiger partial charge in [-0.3, -0.25) is 9.59 Å². The summed E-state index contributed by atoms with van der Waals surface area (Å²) in [5, 5.41) is 10.8. The van der Waals surface area contributed by atoms with Crippen molar-refractivity contribution in [2.75, 3.05) is 6.54 Å². The number of carboxylic acids is 1. The fourth-order valence-electron chi connectivity index (χ4n) is 2.01. The van der Waals surface area contributed by atoms with Gasteiger partial charge in [0, 0.05) is 9.86 Å². The number of aromatic nitrogens is 1. The lowest BCUT2D eigenvalue weighted by atomic mass is 10.2. The largest absolute Gasteiger partial charge is 0.480 e. The summed E-state index contributed by atoms with van der Waals surface area (Å²) in [6.07, 6.45) is -4.63. The van der Waals surface area contributed by atoms with Gasteiger partial charge < -0.3 is 15.0 Å². The molecule has 2 aromatic rings. The van der Waals surface area contributed by atoms with Gasteiger partial charge in [0.25, 0.3) is 0 Å². The Morgan fingerprint density at radius 2 is 1.95 bits per heavy atom. The maximum Gasteiger partial charge on any atom is 0.431 e. The minimum atomic E-state index is -4.63. The Kier molecular flexibility index (Phi) is 4.45. The first kappa shape index (κ1) is 16.3. The van der Waals surface area contributed by atoms with Gasteiger partial charge in [0.15, 0.2) is 0 Å². The highest BCUT2D eigenvalue weighted by Gasteiger charge is 2.35. The highest BCUT2D eigenvalue weighted by molar-refractivity contribution is 9.10. The average molecular weight is 379 g/mol. The van der Waals surface area contributed by atoms with E-state index in [1.165, 1.54) is 12.1 Å². The number of carbonyl (C=O) groups is 2. The van der Waals surface area contributed by atoms with Crippen LogP contribution in [0.5, 0.6) is 0 Å². The molecule has 1 heterocycles. The molecule has 118 valence electrons. The predicted octanol–water partition coefficient (Wildman–Crippen LogP) is 2.62. The van der Waals surface area contributed by atoms with E-state index in [9.17, 15) is 22.8 Å². The normalized spacial score (nSPS) is 11.6. The van der Waals surface area contributed by atoms with E-state index in [0.29, 0.717) is 9.86 Å². The molecule has 0 aliphatic rings. The predicted molar refractivity (Wildman–Crippen MR) is 75.3 cm³/mol. The number of hydrogen-bond acceptors (Lipinski definition) is 2. The number of benzene rings is 1. The molecule has 0 fully saturated rings. The average Bonchev–Trinajstić information content (AvgIpc) is 2.75. The maximum absolute atomic E-state index is 13.1. The van der Waals surface area contributed by atoms with Crippen molar-refractivity contribution in [1.29, 1.82) is 0 Å². The molecule has 22 heavy (non-hydrogen) atoms. The third-order valence-electron chi connectivity index (χ3n) is 2.90. The molecule has 0 aliphatic heterocycles. The molecule has 1 aromatic carbocycles. The monoisotopic (exact) mass is 378 g/mol. The summed E-state index contributed by atoms with van der Waals surface area (Å²) < 4.78 is 40.7. The summed E-state index contributed by atoms with van der Waals surface area (Å²) >= 11 is 3.17. The zero-order valence-corrected chi connectivity index (χ0v) is 12.5. The fraction of sp³-hybridized carbons (Fsp3) is 0.231. The summed E-state index contributed by atoms with van der Waals surface area (Å²) in [6.45, 7) is -1.27. The number of carboxylic acid groups (broad SMARTS) is 1. The molecule has 0 saturated heterocycles. The quantitative estimate of drug-likeness (QED) is 0.858. The van der Waals surface area contributed by atoms with Crippen molar-refractivity contribution < 1.29 is 27.9 Å². The Morgan fingerprint density at radius 1 is 1.27 bits per heavy atom. The van der Waals surface area contributed by atoms with E-state index in [1.54, 1.807) is 6.07 Å². The molecule has 2 rings (SSSR count). The number of fused-ring (bicyclic) bond motifs is 1. The summed E-state index contributed by atoms with van der Waals surface area (Å²) in [5.74, 6) is -2.09. The van der Waals surface area contributed by atoms with Crippen LogP contribution < -0.4 is 5.32 Å². The van der Waals surface area contributed by atoms with Gasteiger partial charge in [-0.25, -0.2) is 0 Å². The highest BCUT2D eigenvalue weighted by Crippen LogP contribution is 2.34. The first-order valence-electron chi connectivity index (χ1n) is 6.03. The summed E-state index contributed by atoms with van der Waals surface area (Å²) in [6, 6.07) is 5.51. The molecule has 0 saturated carbocycles. The first-order chi connectivity index (χ1) is 10.2. The Labute approximate surface area is 130 Å². The molecule has 0 atom stereocenters. The van der Waals surface area contributed by atoms with Crippen LogP contribution in [0.15, 0.2) is 28.7 Å². The van der Waals surface area contributed by atoms with Crippen molar-refractivity contribution in [1.82, 2.24) is 9.88 Å². The molecule has 0 aliphatic carbocycles. The number of aliphatic carboxylic acids is 1. The standard InChI is InChI=1S/C13H10BrF3N2O3/c14-8-2-1-7-3-10(13(15,16)17)19(9(7)4-8)6-11(20)18-5-12(21)22/h1-4H,5-6H2,(H,18,20)(H,21,22). The summed E-state index contributed by atoms with van der Waals surface area (Å²) in [5.41, 5.74) is -0.738. The Bertz CT molecular complexity index is 740. The zero-order valence-electron chi connectivity index (χ0n) is 10.9. The number of hydrogen-bond donors (Lipinski definition) is 2. The van der Waals surface area contributed by atoms with Gasteiger partial charge in [-0.2, -0.15) is 13.2 Å². The number of rotatable bonds is 4. The van der Waals surface area contributed by atoms with Gasteiger partial charge in [-0.15, -0.1) is 0 Å². The summed E-state index contributed by atoms with van der Waals surface area (Å²) in [4.78, 5) is 22.0. The van der Waals surface area contributed by atoms with E-state index in [1.807, 2.05) is 5.32 Å². The van der Waals surface area contributed by atoms with E-state index in [-0.39, 0.29) is 5.52 Å². The molecule has 0 bridgehead atoms. The van der Waals surface area contributed by atoms with Crippen molar-refractivity contribution in [3.63, 3.8) is 0 Å². The number of nitrogens with one attached hydrogen (secondary N) is 1. The molecule has 5 nitrogen and oxygen atoms in total. The lowest BCUT2D eigenvalue weighted by Gasteiger charge is -2.12. The molecule has 0 spiro atoms. The number of carbonyl (C=O) groups excluding carboxylic acids is 1. The fourth-order valence-corrected chi connectivity index (χ4v) is 2.36. The molecular weight excluding hydrogens is 369 g/mol. The van der Waals surface area contributed by atoms with Crippen LogP contribution >= 0.6 is 15.9 Å². The van der Waals surface area contributed by atoms with Gasteiger partial charge in [0.2, 0.25) is 5.91 Å². The van der Waals surface area contributed by atoms with Gasteiger partial charge in [0.1, 0.15) is 18.8 Å². The third kappa shape index (κ3) is 3.59. The van der Waals surface area contributed by atoms with Crippen molar-refractivity contribution in [3.05, 3.63) is 34.4 Å². The van der Waals surface area contributed by atoms with Crippen LogP contribution in [0.25, 0.3) is 10.9 Å². The number of halogens is 4. The maximum atomic E-state index is 13.1. The van der Waals surface area contributed by atoms with Gasteiger partial charge >= 0.3 is 12.1 Å². The van der Waals surface area contributed by atoms with Crippen molar-refractivity contribution in [2.45, 2.75) is 12.7 Å². The number of alkyl halides is 3. The lowest BCUT2D eigenvalue weighted by molar-refractivity contribution is -0.144. The first-order valence-corrected chi connectivity index (χ1v) is 6.82. The van der Waals surface area contributed by atoms with E-state index < -0.39 is 36.8 Å². The molecule has 1 amide bonds.